The molecule has 0 aliphatic heterocycles. The van der Waals surface area contributed by atoms with Gasteiger partial charge in [0.2, 0.25) is 5.91 Å². The number of ether oxygens (including phenoxy) is 1. The van der Waals surface area contributed by atoms with Crippen molar-refractivity contribution in [2.24, 2.45) is 0 Å². The first-order valence-corrected chi connectivity index (χ1v) is 14.3. The average Bonchev–Trinajstić information content (AvgIpc) is 2.93. The number of amides is 1. The van der Waals surface area contributed by atoms with Crippen LogP contribution in [0.3, 0.4) is 0 Å². The Kier molecular flexibility index (Phi) is 7.99. The molecule has 0 fully saturated rings. The normalized spacial score (nSPS) is 11.4. The minimum Gasteiger partial charge on any atom is -0.497 e. The van der Waals surface area contributed by atoms with Gasteiger partial charge in [0.25, 0.3) is 20.0 Å². The van der Waals surface area contributed by atoms with E-state index in [2.05, 4.69) is 10.0 Å². The number of rotatable bonds is 10. The lowest BCUT2D eigenvalue weighted by Crippen LogP contribution is -2.38. The summed E-state index contributed by atoms with van der Waals surface area (Å²) in [6.07, 6.45) is 0. The summed E-state index contributed by atoms with van der Waals surface area (Å²) >= 11 is 0. The van der Waals surface area contributed by atoms with E-state index in [9.17, 15) is 21.6 Å². The van der Waals surface area contributed by atoms with Crippen molar-refractivity contribution in [3.8, 4) is 5.75 Å². The van der Waals surface area contributed by atoms with E-state index in [1.165, 1.54) is 55.6 Å². The van der Waals surface area contributed by atoms with Crippen molar-refractivity contribution in [2.75, 3.05) is 28.0 Å². The maximum Gasteiger partial charge on any atom is 0.264 e. The Morgan fingerprint density at radius 2 is 1.26 bits per heavy atom. The van der Waals surface area contributed by atoms with Crippen molar-refractivity contribution in [3.05, 3.63) is 109 Å². The van der Waals surface area contributed by atoms with Gasteiger partial charge in [-0.1, -0.05) is 36.4 Å². The van der Waals surface area contributed by atoms with Gasteiger partial charge in [0.1, 0.15) is 12.3 Å². The maximum atomic E-state index is 13.5. The Bertz CT molecular complexity index is 1590. The molecule has 4 rings (SSSR count). The van der Waals surface area contributed by atoms with Gasteiger partial charge < -0.3 is 10.1 Å². The summed E-state index contributed by atoms with van der Waals surface area (Å²) < 4.78 is 60.8. The van der Waals surface area contributed by atoms with Gasteiger partial charge in [-0.2, -0.15) is 0 Å². The Hall–Kier alpha value is -4.35. The quantitative estimate of drug-likeness (QED) is 0.303. The van der Waals surface area contributed by atoms with E-state index in [4.69, 9.17) is 4.74 Å². The van der Waals surface area contributed by atoms with Crippen LogP contribution in [0.1, 0.15) is 0 Å². The van der Waals surface area contributed by atoms with E-state index in [1.807, 2.05) is 0 Å². The monoisotopic (exact) mass is 551 g/mol. The predicted octanol–water partition coefficient (Wildman–Crippen LogP) is 4.33. The molecule has 11 heteroatoms. The molecule has 0 aromatic heterocycles. The summed E-state index contributed by atoms with van der Waals surface area (Å²) in [4.78, 5) is 12.9. The van der Waals surface area contributed by atoms with Crippen molar-refractivity contribution in [3.63, 3.8) is 0 Å². The topological polar surface area (TPSA) is 122 Å². The maximum absolute atomic E-state index is 13.5. The van der Waals surface area contributed by atoms with E-state index in [-0.39, 0.29) is 9.79 Å². The Morgan fingerprint density at radius 3 is 1.84 bits per heavy atom. The fourth-order valence-corrected chi connectivity index (χ4v) is 6.03. The lowest BCUT2D eigenvalue weighted by atomic mass is 10.3. The zero-order valence-electron chi connectivity index (χ0n) is 20.3. The highest BCUT2D eigenvalue weighted by atomic mass is 32.2. The van der Waals surface area contributed by atoms with E-state index in [0.29, 0.717) is 22.8 Å². The second kappa shape index (κ2) is 11.4. The Labute approximate surface area is 221 Å². The van der Waals surface area contributed by atoms with Gasteiger partial charge in [0, 0.05) is 11.4 Å². The number of methoxy groups -OCH3 is 1. The van der Waals surface area contributed by atoms with Crippen LogP contribution >= 0.6 is 0 Å². The predicted molar refractivity (Wildman–Crippen MR) is 146 cm³/mol. The lowest BCUT2D eigenvalue weighted by molar-refractivity contribution is -0.114. The third-order valence-electron chi connectivity index (χ3n) is 5.45. The average molecular weight is 552 g/mol. The molecule has 0 unspecified atom stereocenters. The molecule has 1 amide bonds. The summed E-state index contributed by atoms with van der Waals surface area (Å²) in [5.74, 6) is -0.110. The molecular formula is C27H25N3O6S2. The fourth-order valence-electron chi connectivity index (χ4n) is 3.55. The lowest BCUT2D eigenvalue weighted by Gasteiger charge is -2.24. The highest BCUT2D eigenvalue weighted by Gasteiger charge is 2.27. The van der Waals surface area contributed by atoms with Gasteiger partial charge in [-0.3, -0.25) is 13.8 Å². The summed E-state index contributed by atoms with van der Waals surface area (Å²) in [7, 11) is -6.44. The second-order valence-corrected chi connectivity index (χ2v) is 11.6. The van der Waals surface area contributed by atoms with Crippen LogP contribution in [-0.4, -0.2) is 36.4 Å². The molecule has 196 valence electrons. The van der Waals surface area contributed by atoms with Gasteiger partial charge >= 0.3 is 0 Å². The molecule has 4 aromatic carbocycles. The standard InChI is InChI=1S/C27H25N3O6S2/c1-36-24-14-18-26(19-15-24)38(34,35)30(23-10-6-3-7-11-23)20-27(31)28-21-12-16-25(17-13-21)37(32,33)29-22-8-4-2-5-9-22/h2-19,29H,20H2,1H3,(H,28,31). The number of hydrogen-bond donors (Lipinski definition) is 2. The van der Waals surface area contributed by atoms with Crippen molar-refractivity contribution in [1.29, 1.82) is 0 Å². The smallest absolute Gasteiger partial charge is 0.264 e. The van der Waals surface area contributed by atoms with Crippen LogP contribution in [0.5, 0.6) is 5.75 Å². The summed E-state index contributed by atoms with van der Waals surface area (Å²) in [6.45, 7) is -0.506. The van der Waals surface area contributed by atoms with Crippen LogP contribution in [0.25, 0.3) is 0 Å². The van der Waals surface area contributed by atoms with Crippen molar-refractivity contribution in [2.45, 2.75) is 9.79 Å². The van der Waals surface area contributed by atoms with Gasteiger partial charge in [0.05, 0.1) is 22.6 Å². The van der Waals surface area contributed by atoms with Crippen LogP contribution in [0, 0.1) is 0 Å². The number of carbonyl (C=O) groups excluding carboxylic acids is 1. The first-order valence-electron chi connectivity index (χ1n) is 11.4. The van der Waals surface area contributed by atoms with Gasteiger partial charge in [-0.05, 0) is 72.8 Å². The van der Waals surface area contributed by atoms with Gasteiger partial charge in [-0.15, -0.1) is 0 Å². The van der Waals surface area contributed by atoms with Crippen molar-refractivity contribution < 1.29 is 26.4 Å². The molecule has 0 radical (unpaired) electrons. The minimum atomic E-state index is -4.09. The molecule has 0 spiro atoms. The molecule has 0 atom stereocenters. The van der Waals surface area contributed by atoms with Crippen LogP contribution in [0.2, 0.25) is 0 Å². The van der Waals surface area contributed by atoms with E-state index in [1.54, 1.807) is 60.7 Å². The number of carbonyl (C=O) groups is 1. The SMILES string of the molecule is COc1ccc(S(=O)(=O)N(CC(=O)Nc2ccc(S(=O)(=O)Nc3ccccc3)cc2)c2ccccc2)cc1. The van der Waals surface area contributed by atoms with E-state index < -0.39 is 32.5 Å². The molecular weight excluding hydrogens is 526 g/mol. The molecule has 0 bridgehead atoms. The highest BCUT2D eigenvalue weighted by molar-refractivity contribution is 7.93. The molecule has 0 heterocycles. The number of benzene rings is 4. The fraction of sp³-hybridized carbons (Fsp3) is 0.0741. The molecule has 4 aromatic rings. The third kappa shape index (κ3) is 6.31. The zero-order valence-corrected chi connectivity index (χ0v) is 21.9. The van der Waals surface area contributed by atoms with Gasteiger partial charge in [0.15, 0.2) is 0 Å². The highest BCUT2D eigenvalue weighted by Crippen LogP contribution is 2.25. The van der Waals surface area contributed by atoms with Crippen LogP contribution in [-0.2, 0) is 24.8 Å². The Morgan fingerprint density at radius 1 is 0.711 bits per heavy atom. The number of para-hydroxylation sites is 2. The second-order valence-electron chi connectivity index (χ2n) is 8.07. The number of nitrogens with zero attached hydrogens (tertiary/aromatic N) is 1. The van der Waals surface area contributed by atoms with Crippen LogP contribution < -0.4 is 19.1 Å². The molecule has 0 saturated heterocycles. The molecule has 38 heavy (non-hydrogen) atoms. The minimum absolute atomic E-state index is 0.00423. The third-order valence-corrected chi connectivity index (χ3v) is 8.64. The number of sulfonamides is 2. The molecule has 0 aliphatic carbocycles. The number of anilines is 3. The van der Waals surface area contributed by atoms with E-state index >= 15 is 0 Å². The Balaban J connectivity index is 1.51. The zero-order chi connectivity index (χ0) is 27.2. The van der Waals surface area contributed by atoms with Crippen molar-refractivity contribution >= 4 is 43.0 Å². The first-order chi connectivity index (χ1) is 18.2. The largest absolute Gasteiger partial charge is 0.497 e. The first kappa shape index (κ1) is 26.7. The summed E-state index contributed by atoms with van der Waals surface area (Å²) in [5.41, 5.74) is 1.04. The molecule has 0 saturated carbocycles. The molecule has 9 nitrogen and oxygen atoms in total. The van der Waals surface area contributed by atoms with Crippen LogP contribution in [0.15, 0.2) is 119 Å². The number of nitrogens with one attached hydrogen (secondary N) is 2. The van der Waals surface area contributed by atoms with E-state index in [0.717, 1.165) is 4.31 Å². The van der Waals surface area contributed by atoms with Crippen molar-refractivity contribution in [1.82, 2.24) is 0 Å². The van der Waals surface area contributed by atoms with Gasteiger partial charge in [-0.25, -0.2) is 16.8 Å². The molecule has 2 N–H and O–H groups in total. The van der Waals surface area contributed by atoms with Crippen LogP contribution in [0.4, 0.5) is 17.1 Å². The number of hydrogen-bond acceptors (Lipinski definition) is 6. The summed E-state index contributed by atoms with van der Waals surface area (Å²) in [6, 6.07) is 28.2. The molecule has 0 aliphatic rings. The summed E-state index contributed by atoms with van der Waals surface area (Å²) in [5, 5.41) is 2.63.